The average Bonchev–Trinajstić information content (AvgIpc) is 3.43. The Morgan fingerprint density at radius 2 is 1.97 bits per heavy atom. The van der Waals surface area contributed by atoms with Crippen LogP contribution < -0.4 is 16.0 Å². The number of ether oxygens (including phenoxy) is 1. The van der Waals surface area contributed by atoms with Crippen molar-refractivity contribution in [3.05, 3.63) is 35.4 Å². The molecule has 2 atom stereocenters. The van der Waals surface area contributed by atoms with Crippen molar-refractivity contribution < 1.29 is 19.1 Å². The van der Waals surface area contributed by atoms with Crippen LogP contribution in [-0.4, -0.2) is 37.4 Å². The summed E-state index contributed by atoms with van der Waals surface area (Å²) in [6.45, 7) is 0.761. The molecule has 0 bridgehead atoms. The van der Waals surface area contributed by atoms with Crippen molar-refractivity contribution in [2.45, 2.75) is 56.2 Å². The molecule has 1 aliphatic heterocycles. The van der Waals surface area contributed by atoms with E-state index in [0.29, 0.717) is 25.2 Å². The number of amides is 3. The molecule has 4 rings (SSSR count). The maximum atomic E-state index is 13.0. The second kappa shape index (κ2) is 8.14. The minimum atomic E-state index is -0.968. The second-order valence-corrected chi connectivity index (χ2v) is 8.55. The second-order valence-electron chi connectivity index (χ2n) is 8.55. The Bertz CT molecular complexity index is 780. The molecule has 1 saturated heterocycles. The standard InChI is InChI=1S/C22H29N3O4/c1-23-21(28)22(24-13-26)10-17(11-22)20(27)25-19(14-5-2-3-6-14)16-8-4-7-15(9-16)18-12-29-18/h4,7-9,13-14,17-19H,2-3,5-6,10-12H2,1H3,(H,23,28)(H,24,26)(H,25,27). The molecule has 2 aliphatic carbocycles. The molecule has 3 fully saturated rings. The van der Waals surface area contributed by atoms with Gasteiger partial charge in [0.05, 0.1) is 12.6 Å². The first-order valence-corrected chi connectivity index (χ1v) is 10.5. The average molecular weight is 399 g/mol. The fourth-order valence-electron chi connectivity index (χ4n) is 4.92. The van der Waals surface area contributed by atoms with Crippen LogP contribution >= 0.6 is 0 Å². The van der Waals surface area contributed by atoms with E-state index in [4.69, 9.17) is 4.74 Å². The lowest BCUT2D eigenvalue weighted by Gasteiger charge is -2.45. The topological polar surface area (TPSA) is 99.8 Å². The summed E-state index contributed by atoms with van der Waals surface area (Å²) in [6.07, 6.45) is 5.96. The van der Waals surface area contributed by atoms with E-state index < -0.39 is 5.54 Å². The zero-order valence-electron chi connectivity index (χ0n) is 16.8. The summed E-state index contributed by atoms with van der Waals surface area (Å²) < 4.78 is 5.42. The van der Waals surface area contributed by atoms with Gasteiger partial charge in [-0.2, -0.15) is 0 Å². The first-order valence-electron chi connectivity index (χ1n) is 10.5. The predicted octanol–water partition coefficient (Wildman–Crippen LogP) is 1.75. The molecular weight excluding hydrogens is 370 g/mol. The van der Waals surface area contributed by atoms with Gasteiger partial charge in [0.2, 0.25) is 18.2 Å². The van der Waals surface area contributed by atoms with Crippen LogP contribution in [0.2, 0.25) is 0 Å². The van der Waals surface area contributed by atoms with E-state index in [2.05, 4.69) is 34.1 Å². The maximum Gasteiger partial charge on any atom is 0.245 e. The third kappa shape index (κ3) is 4.01. The minimum Gasteiger partial charge on any atom is -0.368 e. The van der Waals surface area contributed by atoms with Crippen LogP contribution in [0.5, 0.6) is 0 Å². The molecule has 1 aromatic carbocycles. The van der Waals surface area contributed by atoms with Crippen LogP contribution in [0.15, 0.2) is 24.3 Å². The van der Waals surface area contributed by atoms with Crippen molar-refractivity contribution in [3.63, 3.8) is 0 Å². The maximum absolute atomic E-state index is 13.0. The summed E-state index contributed by atoms with van der Waals surface area (Å²) in [5, 5.41) is 8.47. The molecule has 3 amide bonds. The Morgan fingerprint density at radius 1 is 1.24 bits per heavy atom. The van der Waals surface area contributed by atoms with Crippen LogP contribution in [0, 0.1) is 11.8 Å². The number of hydrogen-bond donors (Lipinski definition) is 3. The summed E-state index contributed by atoms with van der Waals surface area (Å²) in [6, 6.07) is 8.32. The van der Waals surface area contributed by atoms with Gasteiger partial charge in [-0.25, -0.2) is 0 Å². The van der Waals surface area contributed by atoms with E-state index in [-0.39, 0.29) is 29.9 Å². The monoisotopic (exact) mass is 399 g/mol. The van der Waals surface area contributed by atoms with Crippen LogP contribution in [-0.2, 0) is 19.1 Å². The fraction of sp³-hybridized carbons (Fsp3) is 0.591. The smallest absolute Gasteiger partial charge is 0.245 e. The Balaban J connectivity index is 1.47. The Morgan fingerprint density at radius 3 is 2.59 bits per heavy atom. The summed E-state index contributed by atoms with van der Waals surface area (Å²) in [4.78, 5) is 36.1. The fourth-order valence-corrected chi connectivity index (χ4v) is 4.92. The first kappa shape index (κ1) is 19.9. The number of carbonyl (C=O) groups is 3. The van der Waals surface area contributed by atoms with E-state index in [1.54, 1.807) is 0 Å². The molecule has 0 spiro atoms. The molecule has 3 aliphatic rings. The summed E-state index contributed by atoms with van der Waals surface area (Å²) in [7, 11) is 1.54. The van der Waals surface area contributed by atoms with Gasteiger partial charge in [-0.1, -0.05) is 37.1 Å². The van der Waals surface area contributed by atoms with Gasteiger partial charge in [0.25, 0.3) is 0 Å². The third-order valence-corrected chi connectivity index (χ3v) is 6.70. The molecule has 7 heteroatoms. The molecule has 29 heavy (non-hydrogen) atoms. The number of carbonyl (C=O) groups excluding carboxylic acids is 3. The van der Waals surface area contributed by atoms with Gasteiger partial charge >= 0.3 is 0 Å². The molecule has 156 valence electrons. The lowest BCUT2D eigenvalue weighted by molar-refractivity contribution is -0.142. The Kier molecular flexibility index (Phi) is 5.58. The van der Waals surface area contributed by atoms with Crippen molar-refractivity contribution in [2.75, 3.05) is 13.7 Å². The van der Waals surface area contributed by atoms with Gasteiger partial charge in [-0.15, -0.1) is 0 Å². The van der Waals surface area contributed by atoms with Gasteiger partial charge in [0, 0.05) is 13.0 Å². The molecule has 3 N–H and O–H groups in total. The summed E-state index contributed by atoms with van der Waals surface area (Å²) in [5.74, 6) is -0.148. The van der Waals surface area contributed by atoms with Gasteiger partial charge in [-0.05, 0) is 42.7 Å². The predicted molar refractivity (Wildman–Crippen MR) is 107 cm³/mol. The lowest BCUT2D eigenvalue weighted by atomic mass is 9.67. The number of epoxide rings is 1. The normalized spacial score (nSPS) is 29.4. The summed E-state index contributed by atoms with van der Waals surface area (Å²) in [5.41, 5.74) is 1.32. The van der Waals surface area contributed by atoms with Crippen LogP contribution in [0.4, 0.5) is 0 Å². The number of hydrogen-bond acceptors (Lipinski definition) is 4. The molecule has 0 aromatic heterocycles. The van der Waals surface area contributed by atoms with Crippen molar-refractivity contribution in [3.8, 4) is 0 Å². The van der Waals surface area contributed by atoms with Crippen LogP contribution in [0.3, 0.4) is 0 Å². The molecule has 1 aromatic rings. The van der Waals surface area contributed by atoms with Gasteiger partial charge in [0.1, 0.15) is 11.6 Å². The van der Waals surface area contributed by atoms with E-state index >= 15 is 0 Å². The Labute approximate surface area is 171 Å². The first-order chi connectivity index (χ1) is 14.1. The molecule has 1 heterocycles. The molecule has 0 radical (unpaired) electrons. The number of benzene rings is 1. The number of nitrogens with one attached hydrogen (secondary N) is 3. The van der Waals surface area contributed by atoms with Crippen molar-refractivity contribution in [1.29, 1.82) is 0 Å². The van der Waals surface area contributed by atoms with E-state index in [1.807, 2.05) is 6.07 Å². The highest BCUT2D eigenvalue weighted by Gasteiger charge is 2.52. The highest BCUT2D eigenvalue weighted by molar-refractivity contribution is 5.93. The lowest BCUT2D eigenvalue weighted by Crippen LogP contribution is -2.65. The van der Waals surface area contributed by atoms with Gasteiger partial charge in [-0.3, -0.25) is 14.4 Å². The zero-order valence-corrected chi connectivity index (χ0v) is 16.8. The quantitative estimate of drug-likeness (QED) is 0.458. The molecule has 2 saturated carbocycles. The van der Waals surface area contributed by atoms with E-state index in [0.717, 1.165) is 30.6 Å². The molecular formula is C22H29N3O4. The molecule has 7 nitrogen and oxygen atoms in total. The van der Waals surface area contributed by atoms with Gasteiger partial charge < -0.3 is 20.7 Å². The van der Waals surface area contributed by atoms with Crippen molar-refractivity contribution in [1.82, 2.24) is 16.0 Å². The van der Waals surface area contributed by atoms with E-state index in [9.17, 15) is 14.4 Å². The summed E-state index contributed by atoms with van der Waals surface area (Å²) >= 11 is 0. The van der Waals surface area contributed by atoms with E-state index in [1.165, 1.54) is 19.9 Å². The minimum absolute atomic E-state index is 0.0299. The van der Waals surface area contributed by atoms with Crippen molar-refractivity contribution in [2.24, 2.45) is 11.8 Å². The highest BCUT2D eigenvalue weighted by Crippen LogP contribution is 2.41. The van der Waals surface area contributed by atoms with Crippen LogP contribution in [0.1, 0.15) is 61.8 Å². The zero-order chi connectivity index (χ0) is 20.4. The SMILES string of the molecule is CNC(=O)C1(NC=O)CC(C(=O)NC(c2cccc(C3CO3)c2)C2CCCC2)C1. The number of rotatable bonds is 8. The van der Waals surface area contributed by atoms with Crippen molar-refractivity contribution >= 4 is 18.2 Å². The molecule has 2 unspecified atom stereocenters. The van der Waals surface area contributed by atoms with Crippen LogP contribution in [0.25, 0.3) is 0 Å². The highest BCUT2D eigenvalue weighted by atomic mass is 16.6. The number of likely N-dealkylation sites (N-methyl/N-ethyl adjacent to an activating group) is 1. The third-order valence-electron chi connectivity index (χ3n) is 6.70. The van der Waals surface area contributed by atoms with Gasteiger partial charge in [0.15, 0.2) is 0 Å². The Hall–Kier alpha value is -2.41. The largest absolute Gasteiger partial charge is 0.368 e.